The molecule has 3 heteroatoms. The van der Waals surface area contributed by atoms with Gasteiger partial charge >= 0.3 is 0 Å². The molecule has 0 radical (unpaired) electrons. The van der Waals surface area contributed by atoms with E-state index in [1.807, 2.05) is 0 Å². The van der Waals surface area contributed by atoms with Crippen molar-refractivity contribution in [2.24, 2.45) is 0 Å². The lowest BCUT2D eigenvalue weighted by atomic mass is 10.1. The van der Waals surface area contributed by atoms with Crippen LogP contribution in [0.15, 0.2) is 12.1 Å². The molecular weight excluding hydrogens is 224 g/mol. The van der Waals surface area contributed by atoms with E-state index in [4.69, 9.17) is 4.74 Å². The van der Waals surface area contributed by atoms with Crippen LogP contribution in [-0.4, -0.2) is 39.2 Å². The van der Waals surface area contributed by atoms with Gasteiger partial charge in [0, 0.05) is 6.54 Å². The molecule has 102 valence electrons. The number of methoxy groups -OCH3 is 1. The van der Waals surface area contributed by atoms with Crippen LogP contribution in [-0.2, 0) is 6.54 Å². The van der Waals surface area contributed by atoms with Crippen LogP contribution >= 0.6 is 0 Å². The van der Waals surface area contributed by atoms with E-state index in [1.165, 1.54) is 23.1 Å². The first-order valence-corrected chi connectivity index (χ1v) is 6.54. The molecule has 3 nitrogen and oxygen atoms in total. The van der Waals surface area contributed by atoms with Gasteiger partial charge in [0.1, 0.15) is 5.75 Å². The normalized spacial score (nSPS) is 11.0. The summed E-state index contributed by atoms with van der Waals surface area (Å²) in [5.41, 5.74) is 3.75. The second-order valence-corrected chi connectivity index (χ2v) is 5.10. The summed E-state index contributed by atoms with van der Waals surface area (Å²) in [6.45, 7) is 7.32. The Balaban J connectivity index is 2.44. The molecule has 1 rings (SSSR count). The van der Waals surface area contributed by atoms with E-state index < -0.39 is 0 Å². The van der Waals surface area contributed by atoms with Crippen LogP contribution < -0.4 is 10.1 Å². The molecule has 1 N–H and O–H groups in total. The van der Waals surface area contributed by atoms with Crippen LogP contribution in [0.3, 0.4) is 0 Å². The molecule has 0 bridgehead atoms. The SMILES string of the molecule is COc1c(C)cc(CNCCCN(C)C)cc1C. The van der Waals surface area contributed by atoms with Gasteiger partial charge in [-0.2, -0.15) is 0 Å². The molecule has 0 fully saturated rings. The standard InChI is InChI=1S/C15H26N2O/c1-12-9-14(10-13(2)15(12)18-5)11-16-7-6-8-17(3)4/h9-10,16H,6-8,11H2,1-5H3. The first kappa shape index (κ1) is 15.0. The highest BCUT2D eigenvalue weighted by molar-refractivity contribution is 5.43. The van der Waals surface area contributed by atoms with Crippen LogP contribution in [0.25, 0.3) is 0 Å². The molecule has 0 aromatic heterocycles. The van der Waals surface area contributed by atoms with Gasteiger partial charge in [-0.25, -0.2) is 0 Å². The number of rotatable bonds is 7. The van der Waals surface area contributed by atoms with E-state index in [9.17, 15) is 0 Å². The highest BCUT2D eigenvalue weighted by Crippen LogP contribution is 2.24. The summed E-state index contributed by atoms with van der Waals surface area (Å²) in [6, 6.07) is 4.40. The third kappa shape index (κ3) is 4.67. The Labute approximate surface area is 111 Å². The van der Waals surface area contributed by atoms with E-state index in [2.05, 4.69) is 50.3 Å². The summed E-state index contributed by atoms with van der Waals surface area (Å²) < 4.78 is 5.37. The van der Waals surface area contributed by atoms with E-state index in [-0.39, 0.29) is 0 Å². The van der Waals surface area contributed by atoms with Crippen molar-refractivity contribution in [2.75, 3.05) is 34.3 Å². The number of hydrogen-bond donors (Lipinski definition) is 1. The van der Waals surface area contributed by atoms with Gasteiger partial charge in [0.05, 0.1) is 7.11 Å². The molecule has 1 aromatic rings. The fraction of sp³-hybridized carbons (Fsp3) is 0.600. The Morgan fingerprint density at radius 1 is 1.17 bits per heavy atom. The largest absolute Gasteiger partial charge is 0.496 e. The molecule has 0 amide bonds. The predicted octanol–water partition coefficient (Wildman–Crippen LogP) is 2.35. The minimum Gasteiger partial charge on any atom is -0.496 e. The molecule has 0 saturated heterocycles. The van der Waals surface area contributed by atoms with E-state index >= 15 is 0 Å². The number of hydrogen-bond acceptors (Lipinski definition) is 3. The first-order chi connectivity index (χ1) is 8.54. The summed E-state index contributed by atoms with van der Waals surface area (Å²) in [7, 11) is 5.95. The summed E-state index contributed by atoms with van der Waals surface area (Å²) >= 11 is 0. The zero-order valence-electron chi connectivity index (χ0n) is 12.3. The average molecular weight is 250 g/mol. The maximum atomic E-state index is 5.37. The van der Waals surface area contributed by atoms with Crippen LogP contribution in [0.4, 0.5) is 0 Å². The number of aryl methyl sites for hydroxylation is 2. The monoisotopic (exact) mass is 250 g/mol. The van der Waals surface area contributed by atoms with Crippen LogP contribution in [0.1, 0.15) is 23.1 Å². The minimum absolute atomic E-state index is 0.930. The molecule has 0 unspecified atom stereocenters. The number of benzene rings is 1. The quantitative estimate of drug-likeness (QED) is 0.752. The minimum atomic E-state index is 0.930. The highest BCUT2D eigenvalue weighted by Gasteiger charge is 2.04. The van der Waals surface area contributed by atoms with Crippen molar-refractivity contribution in [1.29, 1.82) is 0 Å². The van der Waals surface area contributed by atoms with Gasteiger partial charge in [-0.1, -0.05) is 12.1 Å². The lowest BCUT2D eigenvalue weighted by molar-refractivity contribution is 0.394. The third-order valence-corrected chi connectivity index (χ3v) is 3.01. The highest BCUT2D eigenvalue weighted by atomic mass is 16.5. The Morgan fingerprint density at radius 2 is 1.78 bits per heavy atom. The van der Waals surface area contributed by atoms with Gasteiger partial charge in [0.15, 0.2) is 0 Å². The van der Waals surface area contributed by atoms with Crippen LogP contribution in [0.2, 0.25) is 0 Å². The second-order valence-electron chi connectivity index (χ2n) is 5.10. The molecule has 0 aliphatic carbocycles. The summed E-state index contributed by atoms with van der Waals surface area (Å²) in [4.78, 5) is 2.21. The zero-order chi connectivity index (χ0) is 13.5. The zero-order valence-corrected chi connectivity index (χ0v) is 12.3. The van der Waals surface area contributed by atoms with Crippen molar-refractivity contribution in [3.05, 3.63) is 28.8 Å². The molecule has 0 atom stereocenters. The molecule has 0 saturated carbocycles. The Bertz CT molecular complexity index is 352. The van der Waals surface area contributed by atoms with Crippen molar-refractivity contribution in [1.82, 2.24) is 10.2 Å². The van der Waals surface area contributed by atoms with Crippen molar-refractivity contribution in [3.63, 3.8) is 0 Å². The Kier molecular flexibility index (Phi) is 6.16. The first-order valence-electron chi connectivity index (χ1n) is 6.54. The van der Waals surface area contributed by atoms with Crippen molar-refractivity contribution in [3.8, 4) is 5.75 Å². The smallest absolute Gasteiger partial charge is 0.124 e. The fourth-order valence-corrected chi connectivity index (χ4v) is 2.22. The van der Waals surface area contributed by atoms with E-state index in [1.54, 1.807) is 7.11 Å². The number of nitrogens with zero attached hydrogens (tertiary/aromatic N) is 1. The number of ether oxygens (including phenoxy) is 1. The van der Waals surface area contributed by atoms with Gasteiger partial charge in [0.25, 0.3) is 0 Å². The van der Waals surface area contributed by atoms with Gasteiger partial charge < -0.3 is 15.0 Å². The Hall–Kier alpha value is -1.06. The molecule has 0 spiro atoms. The third-order valence-electron chi connectivity index (χ3n) is 3.01. The van der Waals surface area contributed by atoms with Gasteiger partial charge in [0.2, 0.25) is 0 Å². The van der Waals surface area contributed by atoms with Crippen molar-refractivity contribution in [2.45, 2.75) is 26.8 Å². The average Bonchev–Trinajstić information content (AvgIpc) is 2.27. The molecular formula is C15H26N2O. The fourth-order valence-electron chi connectivity index (χ4n) is 2.22. The van der Waals surface area contributed by atoms with Crippen LogP contribution in [0.5, 0.6) is 5.75 Å². The maximum Gasteiger partial charge on any atom is 0.124 e. The summed E-state index contributed by atoms with van der Waals surface area (Å²) in [6.07, 6.45) is 1.18. The van der Waals surface area contributed by atoms with E-state index in [0.717, 1.165) is 25.4 Å². The molecule has 1 aromatic carbocycles. The topological polar surface area (TPSA) is 24.5 Å². The Morgan fingerprint density at radius 3 is 2.28 bits per heavy atom. The van der Waals surface area contributed by atoms with Crippen molar-refractivity contribution >= 4 is 0 Å². The lowest BCUT2D eigenvalue weighted by Crippen LogP contribution is -2.21. The lowest BCUT2D eigenvalue weighted by Gasteiger charge is -2.13. The second kappa shape index (κ2) is 7.39. The molecule has 0 heterocycles. The van der Waals surface area contributed by atoms with Crippen LogP contribution in [0, 0.1) is 13.8 Å². The van der Waals surface area contributed by atoms with Gasteiger partial charge in [-0.15, -0.1) is 0 Å². The number of nitrogens with one attached hydrogen (secondary N) is 1. The molecule has 0 aliphatic heterocycles. The molecule has 0 aliphatic rings. The van der Waals surface area contributed by atoms with Crippen molar-refractivity contribution < 1.29 is 4.74 Å². The summed E-state index contributed by atoms with van der Waals surface area (Å²) in [5.74, 6) is 1.01. The van der Waals surface area contributed by atoms with Gasteiger partial charge in [-0.3, -0.25) is 0 Å². The summed E-state index contributed by atoms with van der Waals surface area (Å²) in [5, 5.41) is 3.48. The van der Waals surface area contributed by atoms with E-state index in [0.29, 0.717) is 0 Å². The predicted molar refractivity (Wildman–Crippen MR) is 77.3 cm³/mol. The van der Waals surface area contributed by atoms with Gasteiger partial charge in [-0.05, 0) is 64.1 Å². The molecule has 18 heavy (non-hydrogen) atoms. The maximum absolute atomic E-state index is 5.37.